The smallest absolute Gasteiger partial charge is 0.0695 e. The lowest BCUT2D eigenvalue weighted by atomic mass is 10.1. The molecule has 0 fully saturated rings. The number of rotatable bonds is 7. The summed E-state index contributed by atoms with van der Waals surface area (Å²) in [5.41, 5.74) is 2.73. The van der Waals surface area contributed by atoms with Gasteiger partial charge in [0.2, 0.25) is 0 Å². The fraction of sp³-hybridized carbons (Fsp3) is 0.600. The van der Waals surface area contributed by atoms with Gasteiger partial charge in [0.15, 0.2) is 0 Å². The van der Waals surface area contributed by atoms with Gasteiger partial charge in [-0.1, -0.05) is 35.5 Å². The number of hydrogen-bond acceptors (Lipinski definition) is 1. The van der Waals surface area contributed by atoms with Crippen LogP contribution in [0.15, 0.2) is 35.5 Å². The van der Waals surface area contributed by atoms with Gasteiger partial charge in [-0.15, -0.1) is 0 Å². The largest absolute Gasteiger partial charge is 0.389 e. The van der Waals surface area contributed by atoms with E-state index in [1.807, 2.05) is 6.08 Å². The molecule has 0 saturated heterocycles. The van der Waals surface area contributed by atoms with Gasteiger partial charge in [-0.2, -0.15) is 0 Å². The second-order valence-electron chi connectivity index (χ2n) is 4.45. The van der Waals surface area contributed by atoms with Crippen molar-refractivity contribution in [1.82, 2.24) is 0 Å². The van der Waals surface area contributed by atoms with Gasteiger partial charge in [0.05, 0.1) is 6.10 Å². The zero-order valence-electron chi connectivity index (χ0n) is 11.2. The zero-order valence-corrected chi connectivity index (χ0v) is 11.2. The van der Waals surface area contributed by atoms with Crippen molar-refractivity contribution in [1.29, 1.82) is 0 Å². The standard InChI is InChI=1S/C15H26O/c1-5-6-7-9-13(2)10-8-11-14(3)12-15(4)16/h5-6,10,12,15-16H,7-9,11H2,1-4H3/b6-5?,13-10?,14-12-. The normalized spacial score (nSPS) is 15.8. The molecule has 0 aliphatic rings. The zero-order chi connectivity index (χ0) is 12.4. The van der Waals surface area contributed by atoms with E-state index in [1.54, 1.807) is 6.92 Å². The van der Waals surface area contributed by atoms with E-state index in [4.69, 9.17) is 0 Å². The maximum Gasteiger partial charge on any atom is 0.0695 e. The van der Waals surface area contributed by atoms with Crippen molar-refractivity contribution in [2.45, 2.75) is 59.5 Å². The maximum atomic E-state index is 9.18. The van der Waals surface area contributed by atoms with Gasteiger partial charge in [0.1, 0.15) is 0 Å². The molecule has 0 aliphatic carbocycles. The third-order valence-corrected chi connectivity index (χ3v) is 2.50. The molecule has 0 aromatic rings. The average molecular weight is 222 g/mol. The van der Waals surface area contributed by atoms with Crippen molar-refractivity contribution in [3.05, 3.63) is 35.5 Å². The van der Waals surface area contributed by atoms with Crippen LogP contribution >= 0.6 is 0 Å². The van der Waals surface area contributed by atoms with Crippen molar-refractivity contribution in [2.24, 2.45) is 0 Å². The summed E-state index contributed by atoms with van der Waals surface area (Å²) in [4.78, 5) is 0. The molecule has 0 radical (unpaired) electrons. The molecule has 0 spiro atoms. The lowest BCUT2D eigenvalue weighted by Crippen LogP contribution is -1.94. The van der Waals surface area contributed by atoms with E-state index in [2.05, 4.69) is 39.0 Å². The molecule has 1 heteroatoms. The van der Waals surface area contributed by atoms with Crippen LogP contribution < -0.4 is 0 Å². The molecule has 1 atom stereocenters. The van der Waals surface area contributed by atoms with Crippen LogP contribution in [0.4, 0.5) is 0 Å². The first kappa shape index (κ1) is 15.2. The third kappa shape index (κ3) is 9.72. The van der Waals surface area contributed by atoms with E-state index in [-0.39, 0.29) is 6.10 Å². The Balaban J connectivity index is 3.81. The summed E-state index contributed by atoms with van der Waals surface area (Å²) >= 11 is 0. The Morgan fingerprint density at radius 2 is 1.75 bits per heavy atom. The Morgan fingerprint density at radius 1 is 1.12 bits per heavy atom. The highest BCUT2D eigenvalue weighted by atomic mass is 16.3. The molecule has 1 unspecified atom stereocenters. The fourth-order valence-corrected chi connectivity index (χ4v) is 1.62. The Kier molecular flexibility index (Phi) is 8.93. The molecule has 0 aromatic heterocycles. The maximum absolute atomic E-state index is 9.18. The third-order valence-electron chi connectivity index (χ3n) is 2.50. The van der Waals surface area contributed by atoms with Crippen LogP contribution in [0.5, 0.6) is 0 Å². The van der Waals surface area contributed by atoms with E-state index in [0.717, 1.165) is 25.7 Å². The van der Waals surface area contributed by atoms with Crippen molar-refractivity contribution in [2.75, 3.05) is 0 Å². The summed E-state index contributed by atoms with van der Waals surface area (Å²) in [6, 6.07) is 0. The number of hydrogen-bond donors (Lipinski definition) is 1. The van der Waals surface area contributed by atoms with Gasteiger partial charge < -0.3 is 5.11 Å². The second-order valence-corrected chi connectivity index (χ2v) is 4.45. The van der Waals surface area contributed by atoms with Gasteiger partial charge in [0.25, 0.3) is 0 Å². The highest BCUT2D eigenvalue weighted by Crippen LogP contribution is 2.10. The van der Waals surface area contributed by atoms with E-state index in [1.165, 1.54) is 11.1 Å². The molecule has 0 bridgehead atoms. The summed E-state index contributed by atoms with van der Waals surface area (Å²) in [6.45, 7) is 8.12. The minimum Gasteiger partial charge on any atom is -0.389 e. The Labute approximate surface area is 101 Å². The molecule has 0 amide bonds. The number of aliphatic hydroxyl groups is 1. The molecule has 0 rings (SSSR count). The number of aliphatic hydroxyl groups excluding tert-OH is 1. The van der Waals surface area contributed by atoms with Gasteiger partial charge in [-0.25, -0.2) is 0 Å². The quantitative estimate of drug-likeness (QED) is 0.633. The van der Waals surface area contributed by atoms with Crippen LogP contribution in [-0.4, -0.2) is 11.2 Å². The molecule has 0 aromatic carbocycles. The summed E-state index contributed by atoms with van der Waals surface area (Å²) in [5, 5.41) is 9.18. The van der Waals surface area contributed by atoms with Crippen LogP contribution in [0.25, 0.3) is 0 Å². The van der Waals surface area contributed by atoms with Gasteiger partial charge in [0, 0.05) is 0 Å². The van der Waals surface area contributed by atoms with Crippen LogP contribution in [0, 0.1) is 0 Å². The number of allylic oxidation sites excluding steroid dienone is 5. The van der Waals surface area contributed by atoms with E-state index in [0.29, 0.717) is 0 Å². The topological polar surface area (TPSA) is 20.2 Å². The predicted molar refractivity (Wildman–Crippen MR) is 72.5 cm³/mol. The highest BCUT2D eigenvalue weighted by Gasteiger charge is 1.93. The Bertz CT molecular complexity index is 257. The monoisotopic (exact) mass is 222 g/mol. The minimum absolute atomic E-state index is 0.320. The van der Waals surface area contributed by atoms with Crippen LogP contribution in [0.3, 0.4) is 0 Å². The van der Waals surface area contributed by atoms with Crippen molar-refractivity contribution in [3.63, 3.8) is 0 Å². The SMILES string of the molecule is CC=CCCC(C)=CCC/C(C)=C\C(C)O. The Morgan fingerprint density at radius 3 is 2.31 bits per heavy atom. The minimum atomic E-state index is -0.320. The predicted octanol–water partition coefficient (Wildman–Crippen LogP) is 4.40. The van der Waals surface area contributed by atoms with E-state index < -0.39 is 0 Å². The molecular weight excluding hydrogens is 196 g/mol. The highest BCUT2D eigenvalue weighted by molar-refractivity contribution is 5.05. The first-order valence-electron chi connectivity index (χ1n) is 6.18. The summed E-state index contributed by atoms with van der Waals surface area (Å²) in [7, 11) is 0. The summed E-state index contributed by atoms with van der Waals surface area (Å²) in [5.74, 6) is 0. The molecule has 1 N–H and O–H groups in total. The molecule has 16 heavy (non-hydrogen) atoms. The summed E-state index contributed by atoms with van der Waals surface area (Å²) < 4.78 is 0. The second kappa shape index (κ2) is 9.41. The van der Waals surface area contributed by atoms with E-state index in [9.17, 15) is 5.11 Å². The average Bonchev–Trinajstić information content (AvgIpc) is 2.17. The first-order chi connectivity index (χ1) is 7.56. The van der Waals surface area contributed by atoms with Crippen molar-refractivity contribution in [3.8, 4) is 0 Å². The van der Waals surface area contributed by atoms with Crippen LogP contribution in [-0.2, 0) is 0 Å². The van der Waals surface area contributed by atoms with Crippen molar-refractivity contribution < 1.29 is 5.11 Å². The fourth-order valence-electron chi connectivity index (χ4n) is 1.62. The lowest BCUT2D eigenvalue weighted by molar-refractivity contribution is 0.243. The first-order valence-corrected chi connectivity index (χ1v) is 6.18. The van der Waals surface area contributed by atoms with Crippen molar-refractivity contribution >= 4 is 0 Å². The molecular formula is C15H26O. The van der Waals surface area contributed by atoms with Gasteiger partial charge in [-0.3, -0.25) is 0 Å². The molecule has 0 aliphatic heterocycles. The van der Waals surface area contributed by atoms with Gasteiger partial charge in [-0.05, 0) is 53.4 Å². The summed E-state index contributed by atoms with van der Waals surface area (Å²) in [6.07, 6.45) is 12.6. The molecule has 0 heterocycles. The molecule has 0 saturated carbocycles. The van der Waals surface area contributed by atoms with Crippen LogP contribution in [0.1, 0.15) is 53.4 Å². The molecule has 1 nitrogen and oxygen atoms in total. The Hall–Kier alpha value is -0.820. The molecule has 92 valence electrons. The lowest BCUT2D eigenvalue weighted by Gasteiger charge is -2.02. The van der Waals surface area contributed by atoms with Crippen LogP contribution in [0.2, 0.25) is 0 Å². The van der Waals surface area contributed by atoms with E-state index >= 15 is 0 Å². The van der Waals surface area contributed by atoms with Gasteiger partial charge >= 0.3 is 0 Å².